The zero-order valence-corrected chi connectivity index (χ0v) is 11.6. The second-order valence-electron chi connectivity index (χ2n) is 5.67. The third-order valence-electron chi connectivity index (χ3n) is 3.96. The SMILES string of the molecule is COC1(C(=O)c2cccs2)CCC(C)(C)CC1. The maximum atomic E-state index is 12.5. The van der Waals surface area contributed by atoms with Gasteiger partial charge in [-0.3, -0.25) is 4.79 Å². The van der Waals surface area contributed by atoms with Crippen molar-refractivity contribution in [3.05, 3.63) is 22.4 Å². The standard InChI is InChI=1S/C14H20O2S/c1-13(2)6-8-14(16-3,9-7-13)12(15)11-5-4-10-17-11/h4-5,10H,6-9H2,1-3H3. The summed E-state index contributed by atoms with van der Waals surface area (Å²) in [4.78, 5) is 13.3. The molecule has 1 aliphatic carbocycles. The first-order valence-electron chi connectivity index (χ1n) is 6.13. The number of ketones is 1. The summed E-state index contributed by atoms with van der Waals surface area (Å²) in [5.74, 6) is 0.172. The van der Waals surface area contributed by atoms with Gasteiger partial charge in [0.15, 0.2) is 0 Å². The van der Waals surface area contributed by atoms with E-state index in [0.717, 1.165) is 30.6 Å². The maximum Gasteiger partial charge on any atom is 0.204 e. The van der Waals surface area contributed by atoms with Crippen molar-refractivity contribution in [2.75, 3.05) is 7.11 Å². The van der Waals surface area contributed by atoms with E-state index in [2.05, 4.69) is 13.8 Å². The fraction of sp³-hybridized carbons (Fsp3) is 0.643. The van der Waals surface area contributed by atoms with E-state index >= 15 is 0 Å². The van der Waals surface area contributed by atoms with E-state index in [9.17, 15) is 4.79 Å². The van der Waals surface area contributed by atoms with Gasteiger partial charge in [-0.15, -0.1) is 11.3 Å². The topological polar surface area (TPSA) is 26.3 Å². The molecule has 0 aromatic carbocycles. The van der Waals surface area contributed by atoms with Crippen molar-refractivity contribution in [3.63, 3.8) is 0 Å². The van der Waals surface area contributed by atoms with Crippen molar-refractivity contribution in [3.8, 4) is 0 Å². The highest BCUT2D eigenvalue weighted by atomic mass is 32.1. The Bertz CT molecular complexity index is 382. The first-order chi connectivity index (χ1) is 7.99. The number of carbonyl (C=O) groups is 1. The highest BCUT2D eigenvalue weighted by molar-refractivity contribution is 7.12. The van der Waals surface area contributed by atoms with Crippen LogP contribution < -0.4 is 0 Å². The second kappa shape index (κ2) is 4.54. The second-order valence-corrected chi connectivity index (χ2v) is 6.62. The molecule has 2 rings (SSSR count). The minimum Gasteiger partial charge on any atom is -0.370 e. The number of Topliss-reactive ketones (excluding diaryl/α,β-unsaturated/α-hetero) is 1. The summed E-state index contributed by atoms with van der Waals surface area (Å²) in [5, 5.41) is 1.95. The highest BCUT2D eigenvalue weighted by Gasteiger charge is 2.44. The molecule has 0 amide bonds. The first kappa shape index (κ1) is 12.8. The third-order valence-corrected chi connectivity index (χ3v) is 4.83. The summed E-state index contributed by atoms with van der Waals surface area (Å²) in [5.41, 5.74) is -0.224. The minimum absolute atomic E-state index is 0.172. The van der Waals surface area contributed by atoms with E-state index in [4.69, 9.17) is 4.74 Å². The molecule has 3 heteroatoms. The molecule has 0 radical (unpaired) electrons. The summed E-state index contributed by atoms with van der Waals surface area (Å²) in [6, 6.07) is 3.82. The first-order valence-corrected chi connectivity index (χ1v) is 7.01. The smallest absolute Gasteiger partial charge is 0.204 e. The average Bonchev–Trinajstić information content (AvgIpc) is 2.82. The fourth-order valence-electron chi connectivity index (χ4n) is 2.49. The lowest BCUT2D eigenvalue weighted by molar-refractivity contribution is -0.0380. The summed E-state index contributed by atoms with van der Waals surface area (Å²) < 4.78 is 5.61. The number of rotatable bonds is 3. The van der Waals surface area contributed by atoms with Crippen LogP contribution in [0.5, 0.6) is 0 Å². The van der Waals surface area contributed by atoms with Crippen LogP contribution in [-0.2, 0) is 4.74 Å². The van der Waals surface area contributed by atoms with Crippen molar-refractivity contribution >= 4 is 17.1 Å². The third kappa shape index (κ3) is 2.45. The molecular formula is C14H20O2S. The molecule has 0 bridgehead atoms. The molecule has 0 saturated heterocycles. The normalized spacial score (nSPS) is 22.3. The van der Waals surface area contributed by atoms with Gasteiger partial charge in [-0.2, -0.15) is 0 Å². The van der Waals surface area contributed by atoms with Crippen LogP contribution in [0.25, 0.3) is 0 Å². The zero-order valence-electron chi connectivity index (χ0n) is 10.8. The van der Waals surface area contributed by atoms with E-state index in [1.165, 1.54) is 11.3 Å². The van der Waals surface area contributed by atoms with Crippen LogP contribution in [0.1, 0.15) is 49.2 Å². The molecule has 1 aromatic heterocycles. The lowest BCUT2D eigenvalue weighted by Crippen LogP contribution is -2.45. The van der Waals surface area contributed by atoms with E-state index < -0.39 is 5.60 Å². The Morgan fingerprint density at radius 1 is 1.29 bits per heavy atom. The summed E-state index contributed by atoms with van der Waals surface area (Å²) >= 11 is 1.51. The number of ether oxygens (including phenoxy) is 1. The Morgan fingerprint density at radius 3 is 2.41 bits per heavy atom. The molecule has 94 valence electrons. The Balaban J connectivity index is 2.19. The lowest BCUT2D eigenvalue weighted by atomic mass is 9.69. The molecule has 0 N–H and O–H groups in total. The van der Waals surface area contributed by atoms with Crippen LogP contribution in [-0.4, -0.2) is 18.5 Å². The van der Waals surface area contributed by atoms with Gasteiger partial charge in [-0.05, 0) is 42.5 Å². The molecule has 17 heavy (non-hydrogen) atoms. The Morgan fingerprint density at radius 2 is 1.94 bits per heavy atom. The van der Waals surface area contributed by atoms with Crippen molar-refractivity contribution < 1.29 is 9.53 Å². The van der Waals surface area contributed by atoms with Gasteiger partial charge in [-0.25, -0.2) is 0 Å². The summed E-state index contributed by atoms with van der Waals surface area (Å²) in [6.07, 6.45) is 3.79. The van der Waals surface area contributed by atoms with E-state index in [-0.39, 0.29) is 5.78 Å². The lowest BCUT2D eigenvalue weighted by Gasteiger charge is -2.41. The predicted molar refractivity (Wildman–Crippen MR) is 70.6 cm³/mol. The van der Waals surface area contributed by atoms with Crippen LogP contribution in [0.4, 0.5) is 0 Å². The molecule has 0 atom stereocenters. The Kier molecular flexibility index (Phi) is 3.41. The van der Waals surface area contributed by atoms with E-state index in [0.29, 0.717) is 5.41 Å². The van der Waals surface area contributed by atoms with E-state index in [1.807, 2.05) is 17.5 Å². The zero-order chi connectivity index (χ0) is 12.5. The van der Waals surface area contributed by atoms with Gasteiger partial charge in [0, 0.05) is 7.11 Å². The van der Waals surface area contributed by atoms with Gasteiger partial charge >= 0.3 is 0 Å². The van der Waals surface area contributed by atoms with Gasteiger partial charge in [0.1, 0.15) is 5.60 Å². The van der Waals surface area contributed by atoms with Crippen molar-refractivity contribution in [2.45, 2.75) is 45.1 Å². The molecule has 0 unspecified atom stereocenters. The molecule has 1 aromatic rings. The Hall–Kier alpha value is -0.670. The van der Waals surface area contributed by atoms with Crippen LogP contribution in [0.3, 0.4) is 0 Å². The Labute approximate surface area is 107 Å². The quantitative estimate of drug-likeness (QED) is 0.762. The van der Waals surface area contributed by atoms with Crippen molar-refractivity contribution in [1.29, 1.82) is 0 Å². The molecule has 1 aliphatic rings. The van der Waals surface area contributed by atoms with Crippen molar-refractivity contribution in [2.24, 2.45) is 5.41 Å². The molecular weight excluding hydrogens is 232 g/mol. The fourth-order valence-corrected chi connectivity index (χ4v) is 3.24. The van der Waals surface area contributed by atoms with Crippen LogP contribution in [0, 0.1) is 5.41 Å². The summed E-state index contributed by atoms with van der Waals surface area (Å²) in [6.45, 7) is 4.53. The maximum absolute atomic E-state index is 12.5. The van der Waals surface area contributed by atoms with Crippen LogP contribution in [0.15, 0.2) is 17.5 Å². The monoisotopic (exact) mass is 252 g/mol. The number of hydrogen-bond acceptors (Lipinski definition) is 3. The van der Waals surface area contributed by atoms with Gasteiger partial charge in [0.05, 0.1) is 4.88 Å². The molecule has 0 spiro atoms. The van der Waals surface area contributed by atoms with Gasteiger partial charge in [0.2, 0.25) is 5.78 Å². The number of thiophene rings is 1. The van der Waals surface area contributed by atoms with Gasteiger partial charge in [-0.1, -0.05) is 19.9 Å². The molecule has 0 aliphatic heterocycles. The number of carbonyl (C=O) groups excluding carboxylic acids is 1. The number of methoxy groups -OCH3 is 1. The molecule has 1 fully saturated rings. The molecule has 1 saturated carbocycles. The molecule has 1 heterocycles. The predicted octanol–water partition coefficient (Wildman–Crippen LogP) is 3.92. The van der Waals surface area contributed by atoms with Crippen LogP contribution >= 0.6 is 11.3 Å². The highest BCUT2D eigenvalue weighted by Crippen LogP contribution is 2.43. The molecule has 2 nitrogen and oxygen atoms in total. The van der Waals surface area contributed by atoms with E-state index in [1.54, 1.807) is 7.11 Å². The van der Waals surface area contributed by atoms with Crippen LogP contribution in [0.2, 0.25) is 0 Å². The van der Waals surface area contributed by atoms with Gasteiger partial charge < -0.3 is 4.74 Å². The average molecular weight is 252 g/mol. The number of hydrogen-bond donors (Lipinski definition) is 0. The van der Waals surface area contributed by atoms with Crippen molar-refractivity contribution in [1.82, 2.24) is 0 Å². The largest absolute Gasteiger partial charge is 0.370 e. The summed E-state index contributed by atoms with van der Waals surface area (Å²) in [7, 11) is 1.67. The van der Waals surface area contributed by atoms with Gasteiger partial charge in [0.25, 0.3) is 0 Å². The minimum atomic E-state index is -0.569.